The first-order chi connectivity index (χ1) is 8.93. The monoisotopic (exact) mass is 238 g/mol. The van der Waals surface area contributed by atoms with E-state index in [1.165, 1.54) is 11.1 Å². The molecule has 18 heavy (non-hydrogen) atoms. The fraction of sp³-hybridized carbons (Fsp3) is 0.250. The SMILES string of the molecule is c1ccc(CC2NCNC2c2ccccc2)cc1. The van der Waals surface area contributed by atoms with Crippen molar-refractivity contribution in [3.63, 3.8) is 0 Å². The Morgan fingerprint density at radius 2 is 1.50 bits per heavy atom. The molecule has 0 amide bonds. The van der Waals surface area contributed by atoms with E-state index >= 15 is 0 Å². The predicted molar refractivity (Wildman–Crippen MR) is 74.3 cm³/mol. The molecule has 0 spiro atoms. The van der Waals surface area contributed by atoms with Crippen molar-refractivity contribution in [2.24, 2.45) is 0 Å². The molecule has 0 aliphatic carbocycles. The Kier molecular flexibility index (Phi) is 3.40. The van der Waals surface area contributed by atoms with E-state index in [4.69, 9.17) is 0 Å². The van der Waals surface area contributed by atoms with Crippen LogP contribution in [-0.2, 0) is 6.42 Å². The van der Waals surface area contributed by atoms with Crippen molar-refractivity contribution in [2.45, 2.75) is 18.5 Å². The van der Waals surface area contributed by atoms with Crippen molar-refractivity contribution >= 4 is 0 Å². The standard InChI is InChI=1S/C16H18N2/c1-3-7-13(8-4-1)11-15-16(18-12-17-15)14-9-5-2-6-10-14/h1-10,15-18H,11-12H2. The van der Waals surface area contributed by atoms with E-state index in [1.54, 1.807) is 0 Å². The average Bonchev–Trinajstić information content (AvgIpc) is 2.89. The summed E-state index contributed by atoms with van der Waals surface area (Å²) in [5, 5.41) is 7.07. The van der Waals surface area contributed by atoms with E-state index in [9.17, 15) is 0 Å². The molecule has 2 aromatic rings. The first kappa shape index (κ1) is 11.5. The fourth-order valence-corrected chi connectivity index (χ4v) is 2.63. The van der Waals surface area contributed by atoms with E-state index in [0.29, 0.717) is 12.1 Å². The second-order valence-electron chi connectivity index (χ2n) is 4.77. The molecule has 3 rings (SSSR count). The Balaban J connectivity index is 1.76. The van der Waals surface area contributed by atoms with Gasteiger partial charge in [0.2, 0.25) is 0 Å². The number of hydrogen-bond acceptors (Lipinski definition) is 2. The van der Waals surface area contributed by atoms with Crippen LogP contribution in [0.3, 0.4) is 0 Å². The van der Waals surface area contributed by atoms with Crippen molar-refractivity contribution in [2.75, 3.05) is 6.67 Å². The van der Waals surface area contributed by atoms with Gasteiger partial charge in [0.15, 0.2) is 0 Å². The van der Waals surface area contributed by atoms with Gasteiger partial charge in [-0.15, -0.1) is 0 Å². The molecule has 92 valence electrons. The minimum Gasteiger partial charge on any atom is -0.299 e. The maximum absolute atomic E-state index is 3.54. The zero-order valence-corrected chi connectivity index (χ0v) is 10.3. The lowest BCUT2D eigenvalue weighted by atomic mass is 9.95. The van der Waals surface area contributed by atoms with E-state index < -0.39 is 0 Å². The summed E-state index contributed by atoms with van der Waals surface area (Å²) in [5.41, 5.74) is 2.75. The Morgan fingerprint density at radius 3 is 2.22 bits per heavy atom. The van der Waals surface area contributed by atoms with Gasteiger partial charge in [0.25, 0.3) is 0 Å². The van der Waals surface area contributed by atoms with Gasteiger partial charge < -0.3 is 0 Å². The highest BCUT2D eigenvalue weighted by molar-refractivity contribution is 5.24. The highest BCUT2D eigenvalue weighted by Gasteiger charge is 2.27. The molecule has 2 N–H and O–H groups in total. The van der Waals surface area contributed by atoms with Crippen LogP contribution in [0.4, 0.5) is 0 Å². The smallest absolute Gasteiger partial charge is 0.0489 e. The van der Waals surface area contributed by atoms with Gasteiger partial charge in [0.05, 0.1) is 0 Å². The molecule has 2 aromatic carbocycles. The second kappa shape index (κ2) is 5.34. The normalized spacial score (nSPS) is 23.1. The maximum Gasteiger partial charge on any atom is 0.0489 e. The lowest BCUT2D eigenvalue weighted by Gasteiger charge is -2.19. The Morgan fingerprint density at radius 1 is 0.833 bits per heavy atom. The molecule has 2 nitrogen and oxygen atoms in total. The first-order valence-electron chi connectivity index (χ1n) is 6.49. The number of nitrogens with one attached hydrogen (secondary N) is 2. The fourth-order valence-electron chi connectivity index (χ4n) is 2.63. The summed E-state index contributed by atoms with van der Waals surface area (Å²) >= 11 is 0. The summed E-state index contributed by atoms with van der Waals surface area (Å²) in [6.45, 7) is 0.886. The third-order valence-electron chi connectivity index (χ3n) is 3.55. The lowest BCUT2D eigenvalue weighted by molar-refractivity contribution is 0.525. The molecule has 1 fully saturated rings. The molecule has 0 radical (unpaired) electrons. The van der Waals surface area contributed by atoms with Crippen molar-refractivity contribution in [1.29, 1.82) is 0 Å². The summed E-state index contributed by atoms with van der Waals surface area (Å²) in [4.78, 5) is 0. The van der Waals surface area contributed by atoms with Gasteiger partial charge in [-0.25, -0.2) is 0 Å². The van der Waals surface area contributed by atoms with E-state index in [2.05, 4.69) is 71.3 Å². The largest absolute Gasteiger partial charge is 0.299 e. The molecule has 1 saturated heterocycles. The van der Waals surface area contributed by atoms with Crippen LogP contribution in [0.5, 0.6) is 0 Å². The summed E-state index contributed by atoms with van der Waals surface area (Å²) in [6.07, 6.45) is 1.06. The minimum atomic E-state index is 0.409. The highest BCUT2D eigenvalue weighted by Crippen LogP contribution is 2.22. The van der Waals surface area contributed by atoms with Gasteiger partial charge in [0.1, 0.15) is 0 Å². The van der Waals surface area contributed by atoms with Crippen LogP contribution >= 0.6 is 0 Å². The van der Waals surface area contributed by atoms with Crippen LogP contribution in [0, 0.1) is 0 Å². The van der Waals surface area contributed by atoms with E-state index in [1.807, 2.05) is 0 Å². The molecule has 2 atom stereocenters. The van der Waals surface area contributed by atoms with Crippen molar-refractivity contribution < 1.29 is 0 Å². The summed E-state index contributed by atoms with van der Waals surface area (Å²) in [6, 6.07) is 22.2. The number of rotatable bonds is 3. The molecule has 1 aliphatic heterocycles. The zero-order valence-electron chi connectivity index (χ0n) is 10.3. The Bertz CT molecular complexity index is 481. The maximum atomic E-state index is 3.54. The van der Waals surface area contributed by atoms with E-state index in [-0.39, 0.29) is 0 Å². The molecule has 2 unspecified atom stereocenters. The third-order valence-corrected chi connectivity index (χ3v) is 3.55. The summed E-state index contributed by atoms with van der Waals surface area (Å²) < 4.78 is 0. The van der Waals surface area contributed by atoms with Gasteiger partial charge in [-0.2, -0.15) is 0 Å². The van der Waals surface area contributed by atoms with Crippen molar-refractivity contribution in [3.8, 4) is 0 Å². The minimum absolute atomic E-state index is 0.409. The molecule has 2 heteroatoms. The molecular formula is C16H18N2. The number of benzene rings is 2. The Hall–Kier alpha value is -1.64. The van der Waals surface area contributed by atoms with Crippen molar-refractivity contribution in [3.05, 3.63) is 71.8 Å². The van der Waals surface area contributed by atoms with Gasteiger partial charge >= 0.3 is 0 Å². The number of hydrogen-bond donors (Lipinski definition) is 2. The topological polar surface area (TPSA) is 24.1 Å². The van der Waals surface area contributed by atoms with Gasteiger partial charge in [-0.1, -0.05) is 60.7 Å². The average molecular weight is 238 g/mol. The molecular weight excluding hydrogens is 220 g/mol. The summed E-state index contributed by atoms with van der Waals surface area (Å²) in [5.74, 6) is 0. The molecule has 0 bridgehead atoms. The molecule has 0 saturated carbocycles. The lowest BCUT2D eigenvalue weighted by Crippen LogP contribution is -2.29. The van der Waals surface area contributed by atoms with Crippen LogP contribution in [0.25, 0.3) is 0 Å². The Labute approximate surface area is 108 Å². The van der Waals surface area contributed by atoms with Crippen LogP contribution in [0.2, 0.25) is 0 Å². The third kappa shape index (κ3) is 2.45. The highest BCUT2D eigenvalue weighted by atomic mass is 15.2. The predicted octanol–water partition coefficient (Wildman–Crippen LogP) is 2.49. The first-order valence-corrected chi connectivity index (χ1v) is 6.49. The zero-order chi connectivity index (χ0) is 12.2. The molecule has 1 heterocycles. The van der Waals surface area contributed by atoms with Crippen LogP contribution in [0.1, 0.15) is 17.2 Å². The van der Waals surface area contributed by atoms with Crippen LogP contribution < -0.4 is 10.6 Å². The van der Waals surface area contributed by atoms with Crippen LogP contribution in [0.15, 0.2) is 60.7 Å². The van der Waals surface area contributed by atoms with E-state index in [0.717, 1.165) is 13.1 Å². The van der Waals surface area contributed by atoms with Gasteiger partial charge in [0, 0.05) is 18.8 Å². The van der Waals surface area contributed by atoms with Gasteiger partial charge in [-0.3, -0.25) is 10.6 Å². The molecule has 0 aromatic heterocycles. The van der Waals surface area contributed by atoms with Crippen LogP contribution in [-0.4, -0.2) is 12.7 Å². The second-order valence-corrected chi connectivity index (χ2v) is 4.77. The quantitative estimate of drug-likeness (QED) is 0.858. The van der Waals surface area contributed by atoms with Crippen molar-refractivity contribution in [1.82, 2.24) is 10.6 Å². The summed E-state index contributed by atoms with van der Waals surface area (Å²) in [7, 11) is 0. The molecule has 1 aliphatic rings. The van der Waals surface area contributed by atoms with Gasteiger partial charge in [-0.05, 0) is 17.5 Å².